The molecule has 2 aliphatic carbocycles. The average Bonchev–Trinajstić information content (AvgIpc) is 4.15. The number of aromatic nitrogens is 4. The zero-order valence-electron chi connectivity index (χ0n) is 37.1. The van der Waals surface area contributed by atoms with E-state index in [4.69, 9.17) is 19.4 Å². The lowest BCUT2D eigenvalue weighted by Gasteiger charge is -2.30. The molecule has 3 heterocycles. The van der Waals surface area contributed by atoms with Gasteiger partial charge in [-0.3, -0.25) is 0 Å². The van der Waals surface area contributed by atoms with Crippen LogP contribution in [0.2, 0.25) is 0 Å². The molecule has 0 aliphatic heterocycles. The van der Waals surface area contributed by atoms with Gasteiger partial charge in [-0.05, 0) is 74.8 Å². The first-order chi connectivity index (χ1) is 34.2. The summed E-state index contributed by atoms with van der Waals surface area (Å²) in [5.41, 5.74) is 19.9. The van der Waals surface area contributed by atoms with Crippen LogP contribution in [0, 0.1) is 0 Å². The molecular formula is C64H38N4O. The second-order valence-electron chi connectivity index (χ2n) is 18.2. The first kappa shape index (κ1) is 38.0. The van der Waals surface area contributed by atoms with Crippen molar-refractivity contribution in [2.24, 2.45) is 0 Å². The fourth-order valence-corrected chi connectivity index (χ4v) is 11.8. The van der Waals surface area contributed by atoms with Crippen molar-refractivity contribution >= 4 is 43.7 Å². The highest BCUT2D eigenvalue weighted by atomic mass is 16.3. The fourth-order valence-electron chi connectivity index (χ4n) is 11.8. The quantitative estimate of drug-likeness (QED) is 0.173. The van der Waals surface area contributed by atoms with Crippen LogP contribution in [-0.2, 0) is 5.41 Å². The lowest BCUT2D eigenvalue weighted by Crippen LogP contribution is -2.25. The van der Waals surface area contributed by atoms with Gasteiger partial charge in [-0.25, -0.2) is 15.0 Å². The van der Waals surface area contributed by atoms with Crippen LogP contribution >= 0.6 is 0 Å². The summed E-state index contributed by atoms with van der Waals surface area (Å²) in [6.07, 6.45) is 0. The van der Waals surface area contributed by atoms with E-state index in [0.717, 1.165) is 61.0 Å². The first-order valence-corrected chi connectivity index (χ1v) is 23.5. The molecule has 0 fully saturated rings. The summed E-state index contributed by atoms with van der Waals surface area (Å²) in [6, 6.07) is 82.6. The van der Waals surface area contributed by atoms with Gasteiger partial charge in [0.1, 0.15) is 11.2 Å². The number of para-hydroxylation sites is 3. The topological polar surface area (TPSA) is 56.7 Å². The minimum atomic E-state index is -0.445. The molecule has 13 aromatic rings. The van der Waals surface area contributed by atoms with Crippen LogP contribution in [-0.4, -0.2) is 19.5 Å². The van der Waals surface area contributed by atoms with Gasteiger partial charge in [-0.1, -0.05) is 200 Å². The molecular weight excluding hydrogens is 841 g/mol. The van der Waals surface area contributed by atoms with E-state index in [2.05, 4.69) is 174 Å². The summed E-state index contributed by atoms with van der Waals surface area (Å²) in [7, 11) is 0. The van der Waals surface area contributed by atoms with Gasteiger partial charge in [0.15, 0.2) is 17.5 Å². The highest BCUT2D eigenvalue weighted by molar-refractivity contribution is 6.18. The lowest BCUT2D eigenvalue weighted by atomic mass is 9.70. The lowest BCUT2D eigenvalue weighted by molar-refractivity contribution is 0.670. The van der Waals surface area contributed by atoms with E-state index in [1.54, 1.807) is 0 Å². The third kappa shape index (κ3) is 5.27. The number of fused-ring (bicyclic) bond motifs is 17. The SMILES string of the molecule is c1ccc(-c2nc(-c3ccccc3)nc(-c3cccc4c3oc3c(-c5ccc6c(c5)c5ccc7c(c5n6-c5ccccc5)-c5ccccc5C75c6ccccc6-c6ccccc65)cccc34)n2)cc1. The minimum Gasteiger partial charge on any atom is -0.455 e. The number of benzene rings is 10. The number of hydrogen-bond donors (Lipinski definition) is 0. The van der Waals surface area contributed by atoms with Crippen LogP contribution in [0.15, 0.2) is 235 Å². The smallest absolute Gasteiger partial charge is 0.167 e. The molecule has 0 radical (unpaired) electrons. The Hall–Kier alpha value is -9.19. The zero-order valence-corrected chi connectivity index (χ0v) is 37.1. The van der Waals surface area contributed by atoms with Crippen molar-refractivity contribution in [2.45, 2.75) is 5.41 Å². The van der Waals surface area contributed by atoms with Crippen LogP contribution in [0.1, 0.15) is 22.3 Å². The van der Waals surface area contributed by atoms with Gasteiger partial charge in [0, 0.05) is 49.5 Å². The summed E-state index contributed by atoms with van der Waals surface area (Å²) in [4.78, 5) is 15.1. The molecule has 15 rings (SSSR count). The molecule has 0 saturated heterocycles. The molecule has 0 unspecified atom stereocenters. The third-order valence-electron chi connectivity index (χ3n) is 14.7. The average molecular weight is 879 g/mol. The van der Waals surface area contributed by atoms with Gasteiger partial charge in [-0.15, -0.1) is 0 Å². The normalized spacial score (nSPS) is 13.0. The van der Waals surface area contributed by atoms with Crippen molar-refractivity contribution in [2.75, 3.05) is 0 Å². The number of hydrogen-bond acceptors (Lipinski definition) is 4. The van der Waals surface area contributed by atoms with Crippen LogP contribution < -0.4 is 0 Å². The van der Waals surface area contributed by atoms with Crippen LogP contribution in [0.5, 0.6) is 0 Å². The monoisotopic (exact) mass is 878 g/mol. The highest BCUT2D eigenvalue weighted by Gasteiger charge is 2.52. The number of rotatable bonds is 5. The second kappa shape index (κ2) is 14.4. The van der Waals surface area contributed by atoms with E-state index in [9.17, 15) is 0 Å². The molecule has 2 aliphatic rings. The Morgan fingerprint density at radius 1 is 0.333 bits per heavy atom. The summed E-state index contributed by atoms with van der Waals surface area (Å²) in [6.45, 7) is 0. The van der Waals surface area contributed by atoms with Crippen molar-refractivity contribution in [1.29, 1.82) is 0 Å². The Morgan fingerprint density at radius 3 is 1.48 bits per heavy atom. The molecule has 5 heteroatoms. The van der Waals surface area contributed by atoms with Crippen molar-refractivity contribution in [3.63, 3.8) is 0 Å². The predicted octanol–water partition coefficient (Wildman–Crippen LogP) is 15.9. The van der Waals surface area contributed by atoms with E-state index in [0.29, 0.717) is 17.5 Å². The maximum absolute atomic E-state index is 7.09. The Bertz CT molecular complexity index is 4140. The molecule has 10 aromatic carbocycles. The molecule has 0 N–H and O–H groups in total. The molecule has 5 nitrogen and oxygen atoms in total. The summed E-state index contributed by atoms with van der Waals surface area (Å²) >= 11 is 0. The second-order valence-corrected chi connectivity index (χ2v) is 18.2. The van der Waals surface area contributed by atoms with Crippen molar-refractivity contribution in [3.8, 4) is 73.2 Å². The Labute approximate surface area is 397 Å². The van der Waals surface area contributed by atoms with Crippen molar-refractivity contribution in [1.82, 2.24) is 19.5 Å². The Kier molecular flexibility index (Phi) is 7.93. The molecule has 3 aromatic heterocycles. The van der Waals surface area contributed by atoms with Gasteiger partial charge >= 0.3 is 0 Å². The Balaban J connectivity index is 0.958. The van der Waals surface area contributed by atoms with Gasteiger partial charge in [0.05, 0.1) is 22.0 Å². The van der Waals surface area contributed by atoms with Gasteiger partial charge in [-0.2, -0.15) is 0 Å². The van der Waals surface area contributed by atoms with Gasteiger partial charge in [0.25, 0.3) is 0 Å². The summed E-state index contributed by atoms with van der Waals surface area (Å²) in [5.74, 6) is 1.78. The maximum Gasteiger partial charge on any atom is 0.167 e. The first-order valence-electron chi connectivity index (χ1n) is 23.5. The fraction of sp³-hybridized carbons (Fsp3) is 0.0156. The zero-order chi connectivity index (χ0) is 45.2. The van der Waals surface area contributed by atoms with Crippen LogP contribution in [0.3, 0.4) is 0 Å². The molecule has 320 valence electrons. The molecule has 0 saturated carbocycles. The summed E-state index contributed by atoms with van der Waals surface area (Å²) in [5, 5.41) is 4.43. The van der Waals surface area contributed by atoms with E-state index in [-0.39, 0.29) is 0 Å². The third-order valence-corrected chi connectivity index (χ3v) is 14.7. The largest absolute Gasteiger partial charge is 0.455 e. The van der Waals surface area contributed by atoms with E-state index in [1.165, 1.54) is 60.8 Å². The number of nitrogens with zero attached hydrogens (tertiary/aromatic N) is 4. The predicted molar refractivity (Wildman–Crippen MR) is 279 cm³/mol. The van der Waals surface area contributed by atoms with E-state index < -0.39 is 5.41 Å². The molecule has 0 atom stereocenters. The maximum atomic E-state index is 7.09. The van der Waals surface area contributed by atoms with Crippen molar-refractivity contribution in [3.05, 3.63) is 253 Å². The summed E-state index contributed by atoms with van der Waals surface area (Å²) < 4.78 is 9.59. The molecule has 0 bridgehead atoms. The van der Waals surface area contributed by atoms with Crippen LogP contribution in [0.4, 0.5) is 0 Å². The molecule has 1 spiro atoms. The van der Waals surface area contributed by atoms with Crippen LogP contribution in [0.25, 0.3) is 117 Å². The van der Waals surface area contributed by atoms with Gasteiger partial charge < -0.3 is 8.98 Å². The molecule has 69 heavy (non-hydrogen) atoms. The highest BCUT2D eigenvalue weighted by Crippen LogP contribution is 2.64. The Morgan fingerprint density at radius 2 is 0.841 bits per heavy atom. The minimum absolute atomic E-state index is 0.445. The van der Waals surface area contributed by atoms with Crippen molar-refractivity contribution < 1.29 is 4.42 Å². The van der Waals surface area contributed by atoms with Gasteiger partial charge in [0.2, 0.25) is 0 Å². The van der Waals surface area contributed by atoms with E-state index in [1.807, 2.05) is 60.7 Å². The number of furan rings is 1. The molecule has 0 amide bonds. The standard InChI is InChI=1S/C64H38N4O/c1-4-18-39(19-5-1)61-65-62(40-20-6-2-7-21-40)67-63(66-61)50-30-17-29-48-47-28-16-27-43(59(47)69-60(48)50)41-34-37-56-51(38-41)46-35-36-55-57(58(46)68(56)42-22-8-3-9-23-42)49-26-12-15-33-54(49)64(55)52-31-13-10-24-44(52)45-25-11-14-32-53(45)64/h1-38H. The van der Waals surface area contributed by atoms with E-state index >= 15 is 0 Å².